The summed E-state index contributed by atoms with van der Waals surface area (Å²) in [5.41, 5.74) is -0.556. The van der Waals surface area contributed by atoms with Gasteiger partial charge in [-0.2, -0.15) is 0 Å². The van der Waals surface area contributed by atoms with E-state index in [0.717, 1.165) is 32.1 Å². The molecule has 0 aromatic rings. The Morgan fingerprint density at radius 1 is 1.40 bits per heavy atom. The molecule has 2 fully saturated rings. The van der Waals surface area contributed by atoms with E-state index in [4.69, 9.17) is 9.84 Å². The van der Waals surface area contributed by atoms with Crippen LogP contribution in [-0.2, 0) is 9.53 Å². The molecule has 0 aromatic heterocycles. The fraction of sp³-hybridized carbons (Fsp3) is 0.857. The second-order valence-corrected chi connectivity index (χ2v) is 5.82. The van der Waals surface area contributed by atoms with Crippen LogP contribution in [0.5, 0.6) is 0 Å². The van der Waals surface area contributed by atoms with Gasteiger partial charge in [0.15, 0.2) is 0 Å². The molecule has 6 heteroatoms. The van der Waals surface area contributed by atoms with Crippen LogP contribution in [0.15, 0.2) is 0 Å². The fourth-order valence-corrected chi connectivity index (χ4v) is 3.25. The summed E-state index contributed by atoms with van der Waals surface area (Å²) in [5, 5.41) is 12.1. The van der Waals surface area contributed by atoms with Crippen LogP contribution >= 0.6 is 0 Å². The van der Waals surface area contributed by atoms with E-state index in [-0.39, 0.29) is 18.5 Å². The molecule has 1 saturated heterocycles. The van der Waals surface area contributed by atoms with E-state index in [9.17, 15) is 9.59 Å². The van der Waals surface area contributed by atoms with Gasteiger partial charge in [0.05, 0.1) is 31.2 Å². The van der Waals surface area contributed by atoms with Crippen LogP contribution < -0.4 is 5.32 Å². The molecule has 1 heterocycles. The number of morpholine rings is 1. The quantitative estimate of drug-likeness (QED) is 0.821. The summed E-state index contributed by atoms with van der Waals surface area (Å²) in [4.78, 5) is 25.3. The van der Waals surface area contributed by atoms with Gasteiger partial charge in [-0.25, -0.2) is 4.79 Å². The Bertz CT molecular complexity index is 366. The van der Waals surface area contributed by atoms with Crippen molar-refractivity contribution in [1.29, 1.82) is 0 Å². The van der Waals surface area contributed by atoms with Crippen molar-refractivity contribution in [3.8, 4) is 0 Å². The minimum absolute atomic E-state index is 0.0138. The van der Waals surface area contributed by atoms with Crippen LogP contribution in [0.1, 0.15) is 45.4 Å². The number of ether oxygens (including phenoxy) is 1. The zero-order valence-corrected chi connectivity index (χ0v) is 12.1. The number of hydrogen-bond acceptors (Lipinski definition) is 3. The van der Waals surface area contributed by atoms with Crippen LogP contribution in [-0.4, -0.2) is 53.3 Å². The molecular formula is C14H24N2O4. The molecule has 2 N–H and O–H groups in total. The molecule has 2 aliphatic rings. The summed E-state index contributed by atoms with van der Waals surface area (Å²) in [7, 11) is 0. The van der Waals surface area contributed by atoms with Crippen molar-refractivity contribution in [1.82, 2.24) is 10.2 Å². The number of nitrogens with zero attached hydrogens (tertiary/aromatic N) is 1. The Labute approximate surface area is 119 Å². The summed E-state index contributed by atoms with van der Waals surface area (Å²) in [5.74, 6) is -0.846. The first-order valence-electron chi connectivity index (χ1n) is 7.45. The number of carboxylic acids is 1. The highest BCUT2D eigenvalue weighted by atomic mass is 16.5. The lowest BCUT2D eigenvalue weighted by atomic mass is 9.93. The Morgan fingerprint density at radius 2 is 2.10 bits per heavy atom. The maximum Gasteiger partial charge on any atom is 0.318 e. The number of urea groups is 1. The summed E-state index contributed by atoms with van der Waals surface area (Å²) in [6.45, 7) is 3.72. The molecule has 6 nitrogen and oxygen atoms in total. The van der Waals surface area contributed by atoms with Gasteiger partial charge in [0.2, 0.25) is 0 Å². The van der Waals surface area contributed by atoms with Crippen molar-refractivity contribution in [2.24, 2.45) is 0 Å². The summed E-state index contributed by atoms with van der Waals surface area (Å²) >= 11 is 0. The van der Waals surface area contributed by atoms with E-state index >= 15 is 0 Å². The lowest BCUT2D eigenvalue weighted by Crippen LogP contribution is -2.58. The third kappa shape index (κ3) is 3.42. The van der Waals surface area contributed by atoms with Crippen LogP contribution in [0, 0.1) is 0 Å². The molecule has 2 rings (SSSR count). The predicted molar refractivity (Wildman–Crippen MR) is 73.6 cm³/mol. The Balaban J connectivity index is 2.02. The van der Waals surface area contributed by atoms with E-state index < -0.39 is 11.5 Å². The molecule has 1 unspecified atom stereocenters. The number of nitrogens with one attached hydrogen (secondary N) is 1. The van der Waals surface area contributed by atoms with Gasteiger partial charge in [0.1, 0.15) is 0 Å². The van der Waals surface area contributed by atoms with Crippen molar-refractivity contribution in [2.45, 2.75) is 57.0 Å². The molecular weight excluding hydrogens is 260 g/mol. The van der Waals surface area contributed by atoms with Crippen LogP contribution in [0.4, 0.5) is 4.79 Å². The van der Waals surface area contributed by atoms with E-state index in [1.54, 1.807) is 4.90 Å². The standard InChI is InChI=1S/C14H24N2O4/c1-2-11-10-20-8-7-16(11)13(19)15-14(9-12(17)18)5-3-4-6-14/h11H,2-10H2,1H3,(H,15,19)(H,17,18). The first-order chi connectivity index (χ1) is 9.56. The minimum Gasteiger partial charge on any atom is -0.481 e. The molecule has 1 saturated carbocycles. The van der Waals surface area contributed by atoms with E-state index in [0.29, 0.717) is 19.8 Å². The maximum absolute atomic E-state index is 12.5. The monoisotopic (exact) mass is 284 g/mol. The van der Waals surface area contributed by atoms with Crippen molar-refractivity contribution in [3.05, 3.63) is 0 Å². The van der Waals surface area contributed by atoms with Gasteiger partial charge in [-0.05, 0) is 19.3 Å². The Kier molecular flexibility index (Phi) is 4.86. The maximum atomic E-state index is 12.5. The molecule has 1 aliphatic carbocycles. The average molecular weight is 284 g/mol. The van der Waals surface area contributed by atoms with Crippen molar-refractivity contribution in [2.75, 3.05) is 19.8 Å². The number of carboxylic acid groups (broad SMARTS) is 1. The van der Waals surface area contributed by atoms with Gasteiger partial charge < -0.3 is 20.1 Å². The van der Waals surface area contributed by atoms with Gasteiger partial charge in [-0.1, -0.05) is 19.8 Å². The topological polar surface area (TPSA) is 78.9 Å². The molecule has 0 spiro atoms. The van der Waals surface area contributed by atoms with E-state index in [2.05, 4.69) is 5.32 Å². The molecule has 2 amide bonds. The van der Waals surface area contributed by atoms with Gasteiger partial charge in [-0.15, -0.1) is 0 Å². The highest BCUT2D eigenvalue weighted by Crippen LogP contribution is 2.33. The Morgan fingerprint density at radius 3 is 2.70 bits per heavy atom. The molecule has 114 valence electrons. The fourth-order valence-electron chi connectivity index (χ4n) is 3.25. The first kappa shape index (κ1) is 15.1. The number of rotatable bonds is 4. The number of amides is 2. The zero-order chi connectivity index (χ0) is 14.6. The third-order valence-corrected chi connectivity index (χ3v) is 4.38. The minimum atomic E-state index is -0.846. The normalized spacial score (nSPS) is 25.4. The van der Waals surface area contributed by atoms with Gasteiger partial charge >= 0.3 is 12.0 Å². The Hall–Kier alpha value is -1.30. The van der Waals surface area contributed by atoms with Gasteiger partial charge in [0, 0.05) is 6.54 Å². The molecule has 1 aliphatic heterocycles. The molecule has 0 bridgehead atoms. The number of carbonyl (C=O) groups is 2. The van der Waals surface area contributed by atoms with Gasteiger partial charge in [0.25, 0.3) is 0 Å². The van der Waals surface area contributed by atoms with Crippen LogP contribution in [0.3, 0.4) is 0 Å². The van der Waals surface area contributed by atoms with Crippen molar-refractivity contribution < 1.29 is 19.4 Å². The average Bonchev–Trinajstić information content (AvgIpc) is 2.85. The van der Waals surface area contributed by atoms with Crippen LogP contribution in [0.2, 0.25) is 0 Å². The zero-order valence-electron chi connectivity index (χ0n) is 12.1. The van der Waals surface area contributed by atoms with E-state index in [1.165, 1.54) is 0 Å². The lowest BCUT2D eigenvalue weighted by molar-refractivity contribution is -0.138. The third-order valence-electron chi connectivity index (χ3n) is 4.38. The largest absolute Gasteiger partial charge is 0.481 e. The highest BCUT2D eigenvalue weighted by Gasteiger charge is 2.39. The summed E-state index contributed by atoms with van der Waals surface area (Å²) in [6.07, 6.45) is 4.33. The molecule has 1 atom stereocenters. The van der Waals surface area contributed by atoms with Crippen molar-refractivity contribution >= 4 is 12.0 Å². The number of carbonyl (C=O) groups excluding carboxylic acids is 1. The second-order valence-electron chi connectivity index (χ2n) is 5.82. The SMILES string of the molecule is CCC1COCCN1C(=O)NC1(CC(=O)O)CCCC1. The lowest BCUT2D eigenvalue weighted by Gasteiger charge is -2.38. The first-order valence-corrected chi connectivity index (χ1v) is 7.45. The highest BCUT2D eigenvalue weighted by molar-refractivity contribution is 5.77. The summed E-state index contributed by atoms with van der Waals surface area (Å²) in [6, 6.07) is -0.0460. The molecule has 0 radical (unpaired) electrons. The van der Waals surface area contributed by atoms with Crippen molar-refractivity contribution in [3.63, 3.8) is 0 Å². The number of hydrogen-bond donors (Lipinski definition) is 2. The summed E-state index contributed by atoms with van der Waals surface area (Å²) < 4.78 is 5.40. The predicted octanol–water partition coefficient (Wildman–Crippen LogP) is 1.59. The van der Waals surface area contributed by atoms with Gasteiger partial charge in [-0.3, -0.25) is 4.79 Å². The second kappa shape index (κ2) is 6.43. The molecule has 20 heavy (non-hydrogen) atoms. The number of aliphatic carboxylic acids is 1. The van der Waals surface area contributed by atoms with Crippen LogP contribution in [0.25, 0.3) is 0 Å². The van der Waals surface area contributed by atoms with E-state index in [1.807, 2.05) is 6.92 Å². The smallest absolute Gasteiger partial charge is 0.318 e. The molecule has 0 aromatic carbocycles.